The third kappa shape index (κ3) is 2.52. The fourth-order valence-corrected chi connectivity index (χ4v) is 1.04. The smallest absolute Gasteiger partial charge is 0.354 e. The number of hydrogen-bond acceptors (Lipinski definition) is 2. The van der Waals surface area contributed by atoms with E-state index in [9.17, 15) is 18.4 Å². The first-order valence-corrected chi connectivity index (χ1v) is 3.93. The highest BCUT2D eigenvalue weighted by Crippen LogP contribution is 2.17. The number of carbonyl (C=O) groups excluding carboxylic acids is 1. The number of carboxylic acids is 1. The standard InChI is InChI=1S/C8H8F2N2O3/c1-3-2-4(5(11-3)8(14)15)12-7(13)6(9)10/h2,6,11H,1H3,(H,12,13)(H,14,15). The van der Waals surface area contributed by atoms with Crippen molar-refractivity contribution in [2.24, 2.45) is 0 Å². The first-order valence-electron chi connectivity index (χ1n) is 3.93. The van der Waals surface area contributed by atoms with Gasteiger partial charge >= 0.3 is 12.4 Å². The fraction of sp³-hybridized carbons (Fsp3) is 0.250. The number of H-pyrrole nitrogens is 1. The number of aryl methyl sites for hydroxylation is 1. The van der Waals surface area contributed by atoms with Crippen molar-refractivity contribution in [2.45, 2.75) is 13.3 Å². The third-order valence-electron chi connectivity index (χ3n) is 1.62. The maximum atomic E-state index is 11.9. The van der Waals surface area contributed by atoms with Gasteiger partial charge in [0.2, 0.25) is 0 Å². The molecule has 0 aliphatic rings. The SMILES string of the molecule is Cc1cc(NC(=O)C(F)F)c(C(=O)O)[nH]1. The van der Waals surface area contributed by atoms with Gasteiger partial charge in [0.05, 0.1) is 5.69 Å². The number of aromatic amines is 1. The Morgan fingerprint density at radius 2 is 2.13 bits per heavy atom. The Hall–Kier alpha value is -1.92. The average molecular weight is 218 g/mol. The van der Waals surface area contributed by atoms with Crippen molar-refractivity contribution in [3.05, 3.63) is 17.5 Å². The molecule has 0 spiro atoms. The molecule has 15 heavy (non-hydrogen) atoms. The van der Waals surface area contributed by atoms with Crippen LogP contribution >= 0.6 is 0 Å². The predicted molar refractivity (Wildman–Crippen MR) is 47.1 cm³/mol. The van der Waals surface area contributed by atoms with Crippen molar-refractivity contribution >= 4 is 17.6 Å². The molecule has 0 radical (unpaired) electrons. The zero-order valence-corrected chi connectivity index (χ0v) is 7.67. The van der Waals surface area contributed by atoms with Gasteiger partial charge in [-0.2, -0.15) is 8.78 Å². The molecule has 1 aromatic rings. The maximum absolute atomic E-state index is 11.9. The number of aromatic carboxylic acids is 1. The summed E-state index contributed by atoms with van der Waals surface area (Å²) in [6.07, 6.45) is -3.18. The maximum Gasteiger partial charge on any atom is 0.354 e. The first kappa shape index (κ1) is 11.2. The number of rotatable bonds is 3. The third-order valence-corrected chi connectivity index (χ3v) is 1.62. The molecule has 5 nitrogen and oxygen atoms in total. The van der Waals surface area contributed by atoms with Gasteiger partial charge in [0.25, 0.3) is 5.91 Å². The van der Waals surface area contributed by atoms with E-state index in [1.54, 1.807) is 6.92 Å². The number of anilines is 1. The molecule has 0 saturated carbocycles. The second kappa shape index (κ2) is 4.07. The highest BCUT2D eigenvalue weighted by molar-refractivity contribution is 6.00. The zero-order valence-electron chi connectivity index (χ0n) is 7.67. The number of amides is 1. The summed E-state index contributed by atoms with van der Waals surface area (Å²) in [5.74, 6) is -2.86. The van der Waals surface area contributed by atoms with Crippen LogP contribution < -0.4 is 5.32 Å². The van der Waals surface area contributed by atoms with Crippen LogP contribution in [0, 0.1) is 6.92 Å². The van der Waals surface area contributed by atoms with Crippen molar-refractivity contribution in [1.82, 2.24) is 4.98 Å². The van der Waals surface area contributed by atoms with Crippen LogP contribution in [0.3, 0.4) is 0 Å². The molecule has 1 aromatic heterocycles. The minimum atomic E-state index is -3.18. The Morgan fingerprint density at radius 3 is 2.60 bits per heavy atom. The quantitative estimate of drug-likeness (QED) is 0.713. The summed E-state index contributed by atoms with van der Waals surface area (Å²) in [6, 6.07) is 1.27. The van der Waals surface area contributed by atoms with Crippen molar-refractivity contribution in [3.8, 4) is 0 Å². The van der Waals surface area contributed by atoms with Crippen LogP contribution in [0.1, 0.15) is 16.2 Å². The summed E-state index contributed by atoms with van der Waals surface area (Å²) >= 11 is 0. The molecule has 0 atom stereocenters. The van der Waals surface area contributed by atoms with Gasteiger partial charge in [0, 0.05) is 5.69 Å². The van der Waals surface area contributed by atoms with E-state index in [0.29, 0.717) is 5.69 Å². The molecule has 1 heterocycles. The Balaban J connectivity index is 2.94. The predicted octanol–water partition coefficient (Wildman–Crippen LogP) is 1.22. The summed E-state index contributed by atoms with van der Waals surface area (Å²) in [4.78, 5) is 23.7. The van der Waals surface area contributed by atoms with E-state index in [-0.39, 0.29) is 11.4 Å². The van der Waals surface area contributed by atoms with Crippen LogP contribution in [0.4, 0.5) is 14.5 Å². The normalized spacial score (nSPS) is 10.4. The molecule has 1 rings (SSSR count). The lowest BCUT2D eigenvalue weighted by Gasteiger charge is -2.02. The molecule has 0 aliphatic heterocycles. The summed E-state index contributed by atoms with van der Waals surface area (Å²) in [7, 11) is 0. The number of halogens is 2. The largest absolute Gasteiger partial charge is 0.477 e. The average Bonchev–Trinajstić information content (AvgIpc) is 2.46. The molecule has 0 saturated heterocycles. The second-order valence-electron chi connectivity index (χ2n) is 2.84. The van der Waals surface area contributed by atoms with E-state index >= 15 is 0 Å². The van der Waals surface area contributed by atoms with E-state index in [0.717, 1.165) is 0 Å². The molecule has 0 unspecified atom stereocenters. The van der Waals surface area contributed by atoms with Crippen LogP contribution in [0.25, 0.3) is 0 Å². The van der Waals surface area contributed by atoms with E-state index in [4.69, 9.17) is 5.11 Å². The summed E-state index contributed by atoms with van der Waals surface area (Å²) < 4.78 is 23.8. The number of hydrogen-bond donors (Lipinski definition) is 3. The number of nitrogens with one attached hydrogen (secondary N) is 2. The molecule has 1 amide bonds. The Labute approximate surface area is 83.1 Å². The number of carbonyl (C=O) groups is 2. The lowest BCUT2D eigenvalue weighted by atomic mass is 10.3. The van der Waals surface area contributed by atoms with E-state index in [1.165, 1.54) is 6.07 Å². The van der Waals surface area contributed by atoms with Crippen LogP contribution in [-0.2, 0) is 4.79 Å². The lowest BCUT2D eigenvalue weighted by Crippen LogP contribution is -2.21. The monoisotopic (exact) mass is 218 g/mol. The molecule has 7 heteroatoms. The molecular formula is C8H8F2N2O3. The Morgan fingerprint density at radius 1 is 1.53 bits per heavy atom. The van der Waals surface area contributed by atoms with Gasteiger partial charge in [-0.3, -0.25) is 4.79 Å². The van der Waals surface area contributed by atoms with Crippen LogP contribution in [-0.4, -0.2) is 28.4 Å². The van der Waals surface area contributed by atoms with Gasteiger partial charge < -0.3 is 15.4 Å². The number of aromatic nitrogens is 1. The molecular weight excluding hydrogens is 210 g/mol. The van der Waals surface area contributed by atoms with Gasteiger partial charge in [-0.05, 0) is 13.0 Å². The molecule has 82 valence electrons. The topological polar surface area (TPSA) is 82.2 Å². The van der Waals surface area contributed by atoms with Gasteiger partial charge in [-0.1, -0.05) is 0 Å². The first-order chi connectivity index (χ1) is 6.91. The van der Waals surface area contributed by atoms with Gasteiger partial charge in [-0.15, -0.1) is 0 Å². The number of carboxylic acid groups (broad SMARTS) is 1. The van der Waals surface area contributed by atoms with E-state index in [2.05, 4.69) is 4.98 Å². The number of alkyl halides is 2. The molecule has 0 aliphatic carbocycles. The Bertz CT molecular complexity index is 401. The van der Waals surface area contributed by atoms with E-state index in [1.807, 2.05) is 5.32 Å². The lowest BCUT2D eigenvalue weighted by molar-refractivity contribution is -0.126. The molecule has 0 bridgehead atoms. The Kier molecular flexibility index (Phi) is 3.03. The second-order valence-corrected chi connectivity index (χ2v) is 2.84. The van der Waals surface area contributed by atoms with Crippen LogP contribution in [0.15, 0.2) is 6.07 Å². The van der Waals surface area contributed by atoms with Crippen LogP contribution in [0.5, 0.6) is 0 Å². The fourth-order valence-electron chi connectivity index (χ4n) is 1.04. The molecule has 3 N–H and O–H groups in total. The molecule has 0 fully saturated rings. The van der Waals surface area contributed by atoms with Crippen molar-refractivity contribution in [1.29, 1.82) is 0 Å². The van der Waals surface area contributed by atoms with Crippen molar-refractivity contribution < 1.29 is 23.5 Å². The van der Waals surface area contributed by atoms with E-state index < -0.39 is 18.3 Å². The van der Waals surface area contributed by atoms with Crippen molar-refractivity contribution in [3.63, 3.8) is 0 Å². The highest BCUT2D eigenvalue weighted by Gasteiger charge is 2.20. The van der Waals surface area contributed by atoms with Crippen LogP contribution in [0.2, 0.25) is 0 Å². The van der Waals surface area contributed by atoms with Gasteiger partial charge in [-0.25, -0.2) is 4.79 Å². The van der Waals surface area contributed by atoms with Gasteiger partial charge in [0.1, 0.15) is 5.69 Å². The summed E-state index contributed by atoms with van der Waals surface area (Å²) in [6.45, 7) is 1.55. The minimum Gasteiger partial charge on any atom is -0.477 e. The molecule has 0 aromatic carbocycles. The summed E-state index contributed by atoms with van der Waals surface area (Å²) in [5, 5.41) is 10.5. The zero-order chi connectivity index (χ0) is 11.6. The van der Waals surface area contributed by atoms with Gasteiger partial charge in [0.15, 0.2) is 0 Å². The van der Waals surface area contributed by atoms with Crippen molar-refractivity contribution in [2.75, 3.05) is 5.32 Å². The highest BCUT2D eigenvalue weighted by atomic mass is 19.3. The minimum absolute atomic E-state index is 0.162. The summed E-state index contributed by atoms with van der Waals surface area (Å²) in [5.41, 5.74) is -0.0243.